The van der Waals surface area contributed by atoms with Crippen molar-refractivity contribution in [2.45, 2.75) is 95.4 Å². The molecule has 2 saturated heterocycles. The third-order valence-electron chi connectivity index (χ3n) is 8.27. The van der Waals surface area contributed by atoms with Crippen LogP contribution in [0, 0.1) is 0 Å². The summed E-state index contributed by atoms with van der Waals surface area (Å²) in [4.78, 5) is 27.5. The van der Waals surface area contributed by atoms with Crippen molar-refractivity contribution >= 4 is 23.5 Å². The minimum Gasteiger partial charge on any atom is -0.341 e. The van der Waals surface area contributed by atoms with Gasteiger partial charge in [0, 0.05) is 42.9 Å². The number of nitrogens with zero attached hydrogens (tertiary/aromatic N) is 5. The van der Waals surface area contributed by atoms with Gasteiger partial charge >= 0.3 is 0 Å². The lowest BCUT2D eigenvalue weighted by atomic mass is 9.87. The summed E-state index contributed by atoms with van der Waals surface area (Å²) in [7, 11) is 0. The van der Waals surface area contributed by atoms with Gasteiger partial charge in [0.05, 0.1) is 5.69 Å². The number of aromatic nitrogens is 4. The van der Waals surface area contributed by atoms with E-state index in [0.29, 0.717) is 11.9 Å². The van der Waals surface area contributed by atoms with Crippen LogP contribution >= 0.6 is 0 Å². The van der Waals surface area contributed by atoms with Gasteiger partial charge in [-0.15, -0.1) is 0 Å². The molecule has 1 amide bonds. The Morgan fingerprint density at radius 3 is 2.59 bits per heavy atom. The highest BCUT2D eigenvalue weighted by molar-refractivity contribution is 5.85. The molecule has 2 aromatic heterocycles. The first-order valence-electron chi connectivity index (χ1n) is 13.5. The van der Waals surface area contributed by atoms with Gasteiger partial charge in [-0.05, 0) is 64.2 Å². The second-order valence-electron chi connectivity index (χ2n) is 10.6. The van der Waals surface area contributed by atoms with Crippen LogP contribution in [0.4, 0.5) is 17.6 Å². The van der Waals surface area contributed by atoms with Crippen molar-refractivity contribution in [3.05, 3.63) is 23.0 Å². The van der Waals surface area contributed by atoms with Gasteiger partial charge in [-0.1, -0.05) is 19.3 Å². The molecule has 182 valence electrons. The van der Waals surface area contributed by atoms with E-state index in [2.05, 4.69) is 26.5 Å². The SMILES string of the molecule is O=C([C@H]1CCCN1c1nc2c(c(Nc3cc(C4CCCCC4)[nH]n3)n1)CCCC2)N1CCCC1. The molecule has 2 aliphatic heterocycles. The molecule has 2 N–H and O–H groups in total. The number of aromatic amines is 1. The third kappa shape index (κ3) is 4.27. The quantitative estimate of drug-likeness (QED) is 0.680. The Labute approximate surface area is 201 Å². The zero-order valence-electron chi connectivity index (χ0n) is 20.2. The fourth-order valence-electron chi connectivity index (χ4n) is 6.37. The van der Waals surface area contributed by atoms with E-state index in [1.165, 1.54) is 43.4 Å². The van der Waals surface area contributed by atoms with Crippen molar-refractivity contribution in [1.29, 1.82) is 0 Å². The maximum absolute atomic E-state index is 13.2. The largest absolute Gasteiger partial charge is 0.341 e. The number of anilines is 3. The van der Waals surface area contributed by atoms with Crippen molar-refractivity contribution in [2.24, 2.45) is 0 Å². The van der Waals surface area contributed by atoms with Crippen LogP contribution in [-0.4, -0.2) is 56.6 Å². The summed E-state index contributed by atoms with van der Waals surface area (Å²) in [5, 5.41) is 11.4. The molecule has 1 saturated carbocycles. The predicted octanol–water partition coefficient (Wildman–Crippen LogP) is 4.46. The van der Waals surface area contributed by atoms with E-state index in [4.69, 9.17) is 9.97 Å². The summed E-state index contributed by atoms with van der Waals surface area (Å²) in [5.74, 6) is 3.27. The molecule has 1 atom stereocenters. The standard InChI is InChI=1S/C26H37N7O/c34-25(32-14-6-7-15-32)22-13-8-16-33(22)26-27-20-12-5-4-11-19(20)24(29-26)28-23-17-21(30-31-23)18-9-2-1-3-10-18/h17-18,22H,1-16H2,(H2,27,28,29,30,31)/t22-/m1/s1. The molecule has 34 heavy (non-hydrogen) atoms. The second-order valence-corrected chi connectivity index (χ2v) is 10.6. The van der Waals surface area contributed by atoms with E-state index >= 15 is 0 Å². The monoisotopic (exact) mass is 463 g/mol. The number of rotatable bonds is 5. The zero-order valence-corrected chi connectivity index (χ0v) is 20.2. The van der Waals surface area contributed by atoms with Crippen LogP contribution in [0.25, 0.3) is 0 Å². The fraction of sp³-hybridized carbons (Fsp3) is 0.692. The van der Waals surface area contributed by atoms with E-state index in [-0.39, 0.29) is 11.9 Å². The number of nitrogens with one attached hydrogen (secondary N) is 2. The number of H-pyrrole nitrogens is 1. The minimum absolute atomic E-state index is 0.129. The summed E-state index contributed by atoms with van der Waals surface area (Å²) in [5.41, 5.74) is 3.60. The van der Waals surface area contributed by atoms with Crippen molar-refractivity contribution in [3.63, 3.8) is 0 Å². The molecular formula is C26H37N7O. The summed E-state index contributed by atoms with van der Waals surface area (Å²) in [6.45, 7) is 2.63. The average molecular weight is 464 g/mol. The molecule has 0 spiro atoms. The van der Waals surface area contributed by atoms with Crippen LogP contribution in [0.15, 0.2) is 6.07 Å². The van der Waals surface area contributed by atoms with Crippen LogP contribution in [0.5, 0.6) is 0 Å². The number of fused-ring (bicyclic) bond motifs is 1. The van der Waals surface area contributed by atoms with Crippen molar-refractivity contribution < 1.29 is 4.79 Å². The van der Waals surface area contributed by atoms with Gasteiger partial charge in [-0.3, -0.25) is 9.89 Å². The molecule has 0 aromatic carbocycles. The van der Waals surface area contributed by atoms with E-state index in [1.807, 2.05) is 4.90 Å². The van der Waals surface area contributed by atoms with Crippen LogP contribution in [0.1, 0.15) is 93.5 Å². The van der Waals surface area contributed by atoms with Crippen LogP contribution in [0.3, 0.4) is 0 Å². The van der Waals surface area contributed by atoms with Crippen LogP contribution in [-0.2, 0) is 17.6 Å². The van der Waals surface area contributed by atoms with Gasteiger partial charge in [0.25, 0.3) is 0 Å². The maximum atomic E-state index is 13.2. The molecule has 2 aliphatic carbocycles. The van der Waals surface area contributed by atoms with Crippen LogP contribution < -0.4 is 10.2 Å². The first-order chi connectivity index (χ1) is 16.8. The lowest BCUT2D eigenvalue weighted by Gasteiger charge is -2.29. The van der Waals surface area contributed by atoms with Gasteiger partial charge < -0.3 is 15.1 Å². The van der Waals surface area contributed by atoms with Gasteiger partial charge in [0.2, 0.25) is 11.9 Å². The molecule has 3 fully saturated rings. The van der Waals surface area contributed by atoms with E-state index in [1.54, 1.807) is 0 Å². The smallest absolute Gasteiger partial charge is 0.245 e. The highest BCUT2D eigenvalue weighted by Crippen LogP contribution is 2.35. The number of hydrogen-bond donors (Lipinski definition) is 2. The molecule has 0 unspecified atom stereocenters. The number of carbonyl (C=O) groups is 1. The van der Waals surface area contributed by atoms with E-state index < -0.39 is 0 Å². The van der Waals surface area contributed by atoms with Crippen LogP contribution in [0.2, 0.25) is 0 Å². The molecule has 0 bridgehead atoms. The Bertz CT molecular complexity index is 1020. The normalized spacial score (nSPS) is 23.4. The Morgan fingerprint density at radius 2 is 1.74 bits per heavy atom. The number of likely N-dealkylation sites (tertiary alicyclic amines) is 1. The van der Waals surface area contributed by atoms with Crippen molar-refractivity contribution in [2.75, 3.05) is 29.9 Å². The van der Waals surface area contributed by atoms with Gasteiger partial charge in [0.1, 0.15) is 11.9 Å². The Balaban J connectivity index is 1.27. The Kier molecular flexibility index (Phi) is 6.14. The average Bonchev–Trinajstić information content (AvgIpc) is 3.66. The third-order valence-corrected chi connectivity index (χ3v) is 8.27. The molecule has 8 nitrogen and oxygen atoms in total. The molecule has 8 heteroatoms. The van der Waals surface area contributed by atoms with E-state index in [0.717, 1.165) is 88.3 Å². The number of aryl methyl sites for hydroxylation is 1. The van der Waals surface area contributed by atoms with Gasteiger partial charge in [0.15, 0.2) is 5.82 Å². The lowest BCUT2D eigenvalue weighted by Crippen LogP contribution is -2.45. The number of hydrogen-bond acceptors (Lipinski definition) is 6. The summed E-state index contributed by atoms with van der Waals surface area (Å²) in [6, 6.07) is 2.04. The molecule has 4 aliphatic rings. The first-order valence-corrected chi connectivity index (χ1v) is 13.5. The van der Waals surface area contributed by atoms with Crippen molar-refractivity contribution in [1.82, 2.24) is 25.1 Å². The second kappa shape index (κ2) is 9.55. The van der Waals surface area contributed by atoms with E-state index in [9.17, 15) is 4.79 Å². The summed E-state index contributed by atoms with van der Waals surface area (Å²) < 4.78 is 0. The maximum Gasteiger partial charge on any atom is 0.245 e. The fourth-order valence-corrected chi connectivity index (χ4v) is 6.37. The molecule has 6 rings (SSSR count). The molecule has 4 heterocycles. The number of carbonyl (C=O) groups excluding carboxylic acids is 1. The van der Waals surface area contributed by atoms with Gasteiger partial charge in [-0.25, -0.2) is 4.98 Å². The molecule has 0 radical (unpaired) electrons. The highest BCUT2D eigenvalue weighted by Gasteiger charge is 2.36. The summed E-state index contributed by atoms with van der Waals surface area (Å²) >= 11 is 0. The minimum atomic E-state index is -0.129. The Hall–Kier alpha value is -2.64. The Morgan fingerprint density at radius 1 is 0.912 bits per heavy atom. The zero-order chi connectivity index (χ0) is 22.9. The van der Waals surface area contributed by atoms with Gasteiger partial charge in [-0.2, -0.15) is 10.1 Å². The topological polar surface area (TPSA) is 90.0 Å². The summed E-state index contributed by atoms with van der Waals surface area (Å²) in [6.07, 6.45) is 14.9. The first kappa shape index (κ1) is 21.9. The van der Waals surface area contributed by atoms with Crippen molar-refractivity contribution in [3.8, 4) is 0 Å². The molecular weight excluding hydrogens is 426 g/mol. The lowest BCUT2D eigenvalue weighted by molar-refractivity contribution is -0.131. The number of amides is 1. The predicted molar refractivity (Wildman–Crippen MR) is 133 cm³/mol. The molecule has 2 aromatic rings. The highest BCUT2D eigenvalue weighted by atomic mass is 16.2.